The SMILES string of the molecule is CS(=O)(=O)CCC(=O)NC1CCN(Cc2ccc(F)cc2)CC1. The van der Waals surface area contributed by atoms with Crippen molar-refractivity contribution in [2.24, 2.45) is 0 Å². The van der Waals surface area contributed by atoms with Crippen molar-refractivity contribution in [3.05, 3.63) is 35.6 Å². The zero-order valence-corrected chi connectivity index (χ0v) is 14.1. The van der Waals surface area contributed by atoms with Crippen LogP contribution in [0.4, 0.5) is 4.39 Å². The molecule has 7 heteroatoms. The highest BCUT2D eigenvalue weighted by Gasteiger charge is 2.21. The third-order valence-corrected chi connectivity index (χ3v) is 4.92. The van der Waals surface area contributed by atoms with Crippen LogP contribution >= 0.6 is 0 Å². The summed E-state index contributed by atoms with van der Waals surface area (Å²) < 4.78 is 35.0. The molecule has 0 aliphatic carbocycles. The second-order valence-corrected chi connectivity index (χ2v) is 8.38. The average molecular weight is 342 g/mol. The lowest BCUT2D eigenvalue weighted by molar-refractivity contribution is -0.121. The van der Waals surface area contributed by atoms with E-state index in [0.717, 1.165) is 44.3 Å². The first-order chi connectivity index (χ1) is 10.8. The third kappa shape index (κ3) is 6.66. The van der Waals surface area contributed by atoms with Gasteiger partial charge in [0.1, 0.15) is 15.7 Å². The molecule has 1 aromatic carbocycles. The van der Waals surface area contributed by atoms with Crippen molar-refractivity contribution in [2.45, 2.75) is 31.8 Å². The number of piperidine rings is 1. The normalized spacial score (nSPS) is 17.1. The van der Waals surface area contributed by atoms with Gasteiger partial charge in [-0.1, -0.05) is 12.1 Å². The Morgan fingerprint density at radius 3 is 2.43 bits per heavy atom. The Balaban J connectivity index is 1.71. The number of hydrogen-bond donors (Lipinski definition) is 1. The summed E-state index contributed by atoms with van der Waals surface area (Å²) in [4.78, 5) is 14.0. The number of benzene rings is 1. The highest BCUT2D eigenvalue weighted by Crippen LogP contribution is 2.14. The lowest BCUT2D eigenvalue weighted by atomic mass is 10.0. The number of hydrogen-bond acceptors (Lipinski definition) is 4. The Labute approximate surface area is 136 Å². The quantitative estimate of drug-likeness (QED) is 0.847. The molecule has 5 nitrogen and oxygen atoms in total. The summed E-state index contributed by atoms with van der Waals surface area (Å²) in [5, 5.41) is 2.90. The van der Waals surface area contributed by atoms with Crippen LogP contribution in [0.5, 0.6) is 0 Å². The predicted molar refractivity (Wildman–Crippen MR) is 87.2 cm³/mol. The van der Waals surface area contributed by atoms with E-state index in [2.05, 4.69) is 10.2 Å². The first-order valence-electron chi connectivity index (χ1n) is 7.76. The fourth-order valence-corrected chi connectivity index (χ4v) is 3.22. The molecule has 1 amide bonds. The molecule has 1 N–H and O–H groups in total. The van der Waals surface area contributed by atoms with Crippen molar-refractivity contribution >= 4 is 15.7 Å². The Hall–Kier alpha value is -1.47. The minimum Gasteiger partial charge on any atom is -0.353 e. The summed E-state index contributed by atoms with van der Waals surface area (Å²) >= 11 is 0. The van der Waals surface area contributed by atoms with Crippen molar-refractivity contribution in [1.82, 2.24) is 10.2 Å². The van der Waals surface area contributed by atoms with Gasteiger partial charge in [-0.05, 0) is 30.5 Å². The maximum absolute atomic E-state index is 12.9. The molecule has 1 saturated heterocycles. The number of carbonyl (C=O) groups excluding carboxylic acids is 1. The van der Waals surface area contributed by atoms with Gasteiger partial charge in [0.2, 0.25) is 5.91 Å². The predicted octanol–water partition coefficient (Wildman–Crippen LogP) is 1.34. The Kier molecular flexibility index (Phi) is 6.12. The van der Waals surface area contributed by atoms with E-state index < -0.39 is 9.84 Å². The van der Waals surface area contributed by atoms with Crippen LogP contribution in [0, 0.1) is 5.82 Å². The molecule has 0 unspecified atom stereocenters. The fourth-order valence-electron chi connectivity index (χ4n) is 2.66. The zero-order valence-electron chi connectivity index (χ0n) is 13.3. The maximum atomic E-state index is 12.9. The smallest absolute Gasteiger partial charge is 0.221 e. The summed E-state index contributed by atoms with van der Waals surface area (Å²) in [5.41, 5.74) is 1.07. The monoisotopic (exact) mass is 342 g/mol. The topological polar surface area (TPSA) is 66.5 Å². The molecular weight excluding hydrogens is 319 g/mol. The Bertz CT molecular complexity index is 623. The average Bonchev–Trinajstić information content (AvgIpc) is 2.49. The zero-order chi connectivity index (χ0) is 16.9. The van der Waals surface area contributed by atoms with Crippen LogP contribution < -0.4 is 5.32 Å². The number of sulfone groups is 1. The van der Waals surface area contributed by atoms with E-state index in [-0.39, 0.29) is 29.9 Å². The second kappa shape index (κ2) is 7.88. The van der Waals surface area contributed by atoms with Crippen molar-refractivity contribution in [1.29, 1.82) is 0 Å². The molecule has 1 aromatic rings. The standard InChI is InChI=1S/C16H23FN2O3S/c1-23(21,22)11-8-16(20)18-15-6-9-19(10-7-15)12-13-2-4-14(17)5-3-13/h2-5,15H,6-12H2,1H3,(H,18,20). The van der Waals surface area contributed by atoms with E-state index in [0.29, 0.717) is 0 Å². The molecule has 0 bridgehead atoms. The van der Waals surface area contributed by atoms with Gasteiger partial charge in [-0.25, -0.2) is 12.8 Å². The van der Waals surface area contributed by atoms with Gasteiger partial charge in [-0.2, -0.15) is 0 Å². The summed E-state index contributed by atoms with van der Waals surface area (Å²) in [6, 6.07) is 6.60. The van der Waals surface area contributed by atoms with E-state index in [9.17, 15) is 17.6 Å². The molecular formula is C16H23FN2O3S. The van der Waals surface area contributed by atoms with Crippen molar-refractivity contribution < 1.29 is 17.6 Å². The van der Waals surface area contributed by atoms with Gasteiger partial charge in [0, 0.05) is 38.4 Å². The molecule has 1 fully saturated rings. The number of rotatable bonds is 6. The fraction of sp³-hybridized carbons (Fsp3) is 0.562. The van der Waals surface area contributed by atoms with Crippen LogP contribution in [-0.4, -0.2) is 50.4 Å². The molecule has 1 heterocycles. The third-order valence-electron chi connectivity index (χ3n) is 3.97. The van der Waals surface area contributed by atoms with E-state index >= 15 is 0 Å². The van der Waals surface area contributed by atoms with Crippen molar-refractivity contribution in [2.75, 3.05) is 25.1 Å². The van der Waals surface area contributed by atoms with Crippen LogP contribution in [0.1, 0.15) is 24.8 Å². The number of carbonyl (C=O) groups is 1. The molecule has 0 atom stereocenters. The van der Waals surface area contributed by atoms with Gasteiger partial charge >= 0.3 is 0 Å². The molecule has 23 heavy (non-hydrogen) atoms. The van der Waals surface area contributed by atoms with Crippen LogP contribution in [0.25, 0.3) is 0 Å². The van der Waals surface area contributed by atoms with Crippen LogP contribution in [0.3, 0.4) is 0 Å². The second-order valence-electron chi connectivity index (χ2n) is 6.12. The summed E-state index contributed by atoms with van der Waals surface area (Å²) in [6.07, 6.45) is 2.83. The summed E-state index contributed by atoms with van der Waals surface area (Å²) in [6.45, 7) is 2.48. The lowest BCUT2D eigenvalue weighted by Gasteiger charge is -2.32. The minimum atomic E-state index is -3.10. The number of likely N-dealkylation sites (tertiary alicyclic amines) is 1. The van der Waals surface area contributed by atoms with Crippen molar-refractivity contribution in [3.63, 3.8) is 0 Å². The highest BCUT2D eigenvalue weighted by atomic mass is 32.2. The van der Waals surface area contributed by atoms with E-state index in [1.165, 1.54) is 12.1 Å². The van der Waals surface area contributed by atoms with Gasteiger partial charge in [-0.3, -0.25) is 9.69 Å². The van der Waals surface area contributed by atoms with Gasteiger partial charge in [0.15, 0.2) is 0 Å². The molecule has 2 rings (SSSR count). The highest BCUT2D eigenvalue weighted by molar-refractivity contribution is 7.90. The molecule has 128 valence electrons. The number of halogens is 1. The Morgan fingerprint density at radius 1 is 1.26 bits per heavy atom. The molecule has 1 aliphatic rings. The van der Waals surface area contributed by atoms with Crippen LogP contribution in [-0.2, 0) is 21.2 Å². The summed E-state index contributed by atoms with van der Waals surface area (Å²) in [5.74, 6) is -0.543. The van der Waals surface area contributed by atoms with Gasteiger partial charge < -0.3 is 5.32 Å². The van der Waals surface area contributed by atoms with Gasteiger partial charge in [0.05, 0.1) is 5.75 Å². The summed E-state index contributed by atoms with van der Waals surface area (Å²) in [7, 11) is -3.10. The number of amides is 1. The van der Waals surface area contributed by atoms with E-state index in [4.69, 9.17) is 0 Å². The lowest BCUT2D eigenvalue weighted by Crippen LogP contribution is -2.44. The molecule has 0 aromatic heterocycles. The number of nitrogens with zero attached hydrogens (tertiary/aromatic N) is 1. The van der Waals surface area contributed by atoms with E-state index in [1.807, 2.05) is 0 Å². The maximum Gasteiger partial charge on any atom is 0.221 e. The largest absolute Gasteiger partial charge is 0.353 e. The van der Waals surface area contributed by atoms with Crippen molar-refractivity contribution in [3.8, 4) is 0 Å². The minimum absolute atomic E-state index is 0.0224. The van der Waals surface area contributed by atoms with E-state index in [1.54, 1.807) is 12.1 Å². The van der Waals surface area contributed by atoms with Gasteiger partial charge in [0.25, 0.3) is 0 Å². The molecule has 0 spiro atoms. The first kappa shape index (κ1) is 17.9. The number of nitrogens with one attached hydrogen (secondary N) is 1. The molecule has 0 saturated carbocycles. The first-order valence-corrected chi connectivity index (χ1v) is 9.82. The van der Waals surface area contributed by atoms with Crippen LogP contribution in [0.2, 0.25) is 0 Å². The Morgan fingerprint density at radius 2 is 1.87 bits per heavy atom. The van der Waals surface area contributed by atoms with Gasteiger partial charge in [-0.15, -0.1) is 0 Å². The molecule has 1 aliphatic heterocycles. The molecule has 0 radical (unpaired) electrons. The van der Waals surface area contributed by atoms with Crippen LogP contribution in [0.15, 0.2) is 24.3 Å².